The molecule has 1 aliphatic rings. The number of nitrogens with zero attached hydrogens (tertiary/aromatic N) is 3. The molecular weight excluding hydrogens is 472 g/mol. The van der Waals surface area contributed by atoms with Crippen molar-refractivity contribution in [3.8, 4) is 0 Å². The molecule has 1 fully saturated rings. The van der Waals surface area contributed by atoms with E-state index in [4.69, 9.17) is 4.42 Å². The smallest absolute Gasteiger partial charge is 0.191 e. The molecule has 28 heavy (non-hydrogen) atoms. The van der Waals surface area contributed by atoms with Gasteiger partial charge in [-0.25, -0.2) is 9.37 Å². The highest BCUT2D eigenvalue weighted by Gasteiger charge is 2.25. The largest absolute Gasteiger partial charge is 0.459 e. The number of rotatable bonds is 4. The van der Waals surface area contributed by atoms with Crippen molar-refractivity contribution in [3.05, 3.63) is 60.2 Å². The SMILES string of the molecule is CN=C(NCc1cc2ccccc2o1)NC1CCN(c2ncccc2F)C1.I. The molecule has 0 bridgehead atoms. The van der Waals surface area contributed by atoms with Crippen molar-refractivity contribution in [2.24, 2.45) is 4.99 Å². The van der Waals surface area contributed by atoms with Gasteiger partial charge in [0.25, 0.3) is 0 Å². The molecule has 1 aromatic carbocycles. The molecule has 148 valence electrons. The lowest BCUT2D eigenvalue weighted by Gasteiger charge is -2.19. The zero-order valence-electron chi connectivity index (χ0n) is 15.6. The van der Waals surface area contributed by atoms with Crippen LogP contribution in [0.25, 0.3) is 11.0 Å². The number of aliphatic imine (C=N–C) groups is 1. The Kier molecular flexibility index (Phi) is 6.71. The van der Waals surface area contributed by atoms with Crippen LogP contribution in [0, 0.1) is 5.82 Å². The van der Waals surface area contributed by atoms with E-state index in [-0.39, 0.29) is 35.8 Å². The zero-order chi connectivity index (χ0) is 18.6. The van der Waals surface area contributed by atoms with Crippen molar-refractivity contribution < 1.29 is 8.81 Å². The topological polar surface area (TPSA) is 65.7 Å². The number of hydrogen-bond donors (Lipinski definition) is 2. The summed E-state index contributed by atoms with van der Waals surface area (Å²) in [4.78, 5) is 10.4. The van der Waals surface area contributed by atoms with Crippen LogP contribution in [0.15, 0.2) is 58.1 Å². The number of aromatic nitrogens is 1. The lowest BCUT2D eigenvalue weighted by molar-refractivity contribution is 0.535. The normalized spacial score (nSPS) is 16.9. The molecule has 6 nitrogen and oxygen atoms in total. The summed E-state index contributed by atoms with van der Waals surface area (Å²) in [7, 11) is 1.74. The summed E-state index contributed by atoms with van der Waals surface area (Å²) in [6.45, 7) is 1.98. The Hall–Kier alpha value is -2.36. The second-order valence-electron chi connectivity index (χ2n) is 6.56. The number of fused-ring (bicyclic) bond motifs is 1. The molecule has 2 aromatic heterocycles. The van der Waals surface area contributed by atoms with Crippen molar-refractivity contribution in [3.63, 3.8) is 0 Å². The van der Waals surface area contributed by atoms with Crippen molar-refractivity contribution >= 4 is 46.7 Å². The standard InChI is InChI=1S/C20H22FN5O.HI/c1-22-20(24-12-16-11-14-5-2-3-7-18(14)27-16)25-15-8-10-26(13-15)19-17(21)6-4-9-23-19;/h2-7,9,11,15H,8,10,12-13H2,1H3,(H2,22,24,25);1H. The predicted molar refractivity (Wildman–Crippen MR) is 120 cm³/mol. The van der Waals surface area contributed by atoms with Gasteiger partial charge in [-0.15, -0.1) is 24.0 Å². The highest BCUT2D eigenvalue weighted by molar-refractivity contribution is 14.0. The van der Waals surface area contributed by atoms with Crippen LogP contribution in [0.1, 0.15) is 12.2 Å². The Bertz CT molecular complexity index is 927. The van der Waals surface area contributed by atoms with Crippen molar-refractivity contribution in [1.29, 1.82) is 0 Å². The van der Waals surface area contributed by atoms with Crippen LogP contribution >= 0.6 is 24.0 Å². The molecule has 0 spiro atoms. The quantitative estimate of drug-likeness (QED) is 0.330. The third-order valence-electron chi connectivity index (χ3n) is 4.70. The predicted octanol–water partition coefficient (Wildman–Crippen LogP) is 3.53. The Morgan fingerprint density at radius 1 is 1.32 bits per heavy atom. The van der Waals surface area contributed by atoms with Gasteiger partial charge in [-0.1, -0.05) is 18.2 Å². The van der Waals surface area contributed by atoms with Crippen LogP contribution in [-0.2, 0) is 6.54 Å². The summed E-state index contributed by atoms with van der Waals surface area (Å²) in [5, 5.41) is 7.75. The summed E-state index contributed by atoms with van der Waals surface area (Å²) in [6, 6.07) is 13.2. The Labute approximate surface area is 180 Å². The van der Waals surface area contributed by atoms with Gasteiger partial charge in [0, 0.05) is 37.8 Å². The lowest BCUT2D eigenvalue weighted by atomic mass is 10.2. The van der Waals surface area contributed by atoms with E-state index in [1.54, 1.807) is 19.3 Å². The zero-order valence-corrected chi connectivity index (χ0v) is 17.9. The Balaban J connectivity index is 0.00000225. The van der Waals surface area contributed by atoms with E-state index in [1.165, 1.54) is 6.07 Å². The van der Waals surface area contributed by atoms with Crippen molar-refractivity contribution in [2.45, 2.75) is 19.0 Å². The van der Waals surface area contributed by atoms with Gasteiger partial charge in [0.15, 0.2) is 17.6 Å². The van der Waals surface area contributed by atoms with Crippen LogP contribution in [0.5, 0.6) is 0 Å². The van der Waals surface area contributed by atoms with Gasteiger partial charge >= 0.3 is 0 Å². The first-order valence-electron chi connectivity index (χ1n) is 9.03. The average molecular weight is 495 g/mol. The second-order valence-corrected chi connectivity index (χ2v) is 6.56. The van der Waals surface area contributed by atoms with Gasteiger partial charge in [0.05, 0.1) is 6.54 Å². The highest BCUT2D eigenvalue weighted by Crippen LogP contribution is 2.21. The molecule has 1 atom stereocenters. The Morgan fingerprint density at radius 2 is 2.18 bits per heavy atom. The summed E-state index contributed by atoms with van der Waals surface area (Å²) >= 11 is 0. The van der Waals surface area contributed by atoms with Gasteiger partial charge in [-0.3, -0.25) is 4.99 Å². The number of furan rings is 1. The molecular formula is C20H23FIN5O. The molecule has 8 heteroatoms. The van der Waals surface area contributed by atoms with Crippen LogP contribution in [-0.4, -0.2) is 37.1 Å². The molecule has 1 unspecified atom stereocenters. The number of para-hydroxylation sites is 1. The van der Waals surface area contributed by atoms with Gasteiger partial charge in [0.2, 0.25) is 0 Å². The first kappa shape index (κ1) is 20.4. The summed E-state index contributed by atoms with van der Waals surface area (Å²) in [5.74, 6) is 1.67. The van der Waals surface area contributed by atoms with Crippen LogP contribution < -0.4 is 15.5 Å². The summed E-state index contributed by atoms with van der Waals surface area (Å²) < 4.78 is 19.7. The number of pyridine rings is 1. The van der Waals surface area contributed by atoms with Crippen molar-refractivity contribution in [2.75, 3.05) is 25.0 Å². The Morgan fingerprint density at radius 3 is 2.96 bits per heavy atom. The third-order valence-corrected chi connectivity index (χ3v) is 4.70. The molecule has 2 N–H and O–H groups in total. The third kappa shape index (κ3) is 4.54. The number of halogens is 2. The first-order valence-corrected chi connectivity index (χ1v) is 9.03. The second kappa shape index (κ2) is 9.22. The van der Waals surface area contributed by atoms with Crippen LogP contribution in [0.2, 0.25) is 0 Å². The maximum absolute atomic E-state index is 13.9. The fraction of sp³-hybridized carbons (Fsp3) is 0.300. The van der Waals surface area contributed by atoms with E-state index < -0.39 is 0 Å². The number of guanidine groups is 1. The van der Waals surface area contributed by atoms with Crippen LogP contribution in [0.4, 0.5) is 10.2 Å². The molecule has 1 saturated heterocycles. The number of anilines is 1. The molecule has 0 radical (unpaired) electrons. The monoisotopic (exact) mass is 495 g/mol. The maximum Gasteiger partial charge on any atom is 0.191 e. The first-order chi connectivity index (χ1) is 13.2. The van der Waals surface area contributed by atoms with Crippen molar-refractivity contribution in [1.82, 2.24) is 15.6 Å². The molecule has 3 heterocycles. The van der Waals surface area contributed by atoms with E-state index in [2.05, 4.69) is 20.6 Å². The average Bonchev–Trinajstić information content (AvgIpc) is 3.32. The number of benzene rings is 1. The molecule has 4 rings (SSSR count). The van der Waals surface area contributed by atoms with E-state index in [0.717, 1.165) is 29.7 Å². The maximum atomic E-state index is 13.9. The van der Waals surface area contributed by atoms with Crippen LogP contribution in [0.3, 0.4) is 0 Å². The molecule has 1 aliphatic heterocycles. The molecule has 0 aliphatic carbocycles. The van der Waals surface area contributed by atoms with Gasteiger partial charge in [-0.05, 0) is 30.7 Å². The van der Waals surface area contributed by atoms with E-state index in [0.29, 0.717) is 24.9 Å². The van der Waals surface area contributed by atoms with Gasteiger partial charge in [0.1, 0.15) is 11.3 Å². The summed E-state index contributed by atoms with van der Waals surface area (Å²) in [5.41, 5.74) is 0.876. The minimum absolute atomic E-state index is 0. The van der Waals surface area contributed by atoms with Gasteiger partial charge < -0.3 is 20.0 Å². The van der Waals surface area contributed by atoms with E-state index in [9.17, 15) is 4.39 Å². The minimum atomic E-state index is -0.287. The molecule has 0 amide bonds. The van der Waals surface area contributed by atoms with E-state index in [1.807, 2.05) is 35.2 Å². The fourth-order valence-electron chi connectivity index (χ4n) is 3.36. The molecule has 3 aromatic rings. The molecule has 0 saturated carbocycles. The number of nitrogens with one attached hydrogen (secondary N) is 2. The lowest BCUT2D eigenvalue weighted by Crippen LogP contribution is -2.44. The fourth-order valence-corrected chi connectivity index (χ4v) is 3.36. The number of hydrogen-bond acceptors (Lipinski definition) is 4. The van der Waals surface area contributed by atoms with Gasteiger partial charge in [-0.2, -0.15) is 0 Å². The van der Waals surface area contributed by atoms with E-state index >= 15 is 0 Å². The minimum Gasteiger partial charge on any atom is -0.459 e. The summed E-state index contributed by atoms with van der Waals surface area (Å²) in [6.07, 6.45) is 2.51. The highest BCUT2D eigenvalue weighted by atomic mass is 127.